The monoisotopic (exact) mass is 195 g/mol. The van der Waals surface area contributed by atoms with Gasteiger partial charge in [0, 0.05) is 5.69 Å². The Morgan fingerprint density at radius 2 is 2.43 bits per heavy atom. The highest BCUT2D eigenvalue weighted by molar-refractivity contribution is 5.89. The first-order valence-electron chi connectivity index (χ1n) is 5.23. The molecule has 1 aromatic rings. The van der Waals surface area contributed by atoms with E-state index in [0.29, 0.717) is 11.3 Å². The number of rotatable bonds is 5. The number of anilines is 1. The summed E-state index contributed by atoms with van der Waals surface area (Å²) in [5.41, 5.74) is 4.03. The van der Waals surface area contributed by atoms with Crippen LogP contribution in [0.1, 0.15) is 35.7 Å². The molecule has 3 heteroatoms. The van der Waals surface area contributed by atoms with Gasteiger partial charge in [0.2, 0.25) is 0 Å². The molecule has 0 saturated heterocycles. The van der Waals surface area contributed by atoms with Crippen molar-refractivity contribution in [3.8, 4) is 0 Å². The van der Waals surface area contributed by atoms with Gasteiger partial charge in [-0.05, 0) is 36.6 Å². The van der Waals surface area contributed by atoms with Crippen LogP contribution in [0, 0.1) is 0 Å². The highest BCUT2D eigenvalue weighted by Crippen LogP contribution is 2.16. The molecular formula is C11H15NO2. The van der Waals surface area contributed by atoms with Crippen molar-refractivity contribution in [2.75, 3.05) is 5.73 Å². The Hall–Kier alpha value is -1.51. The van der Waals surface area contributed by atoms with E-state index >= 15 is 0 Å². The predicted molar refractivity (Wildman–Crippen MR) is 56.4 cm³/mol. The second kappa shape index (κ2) is 4.65. The van der Waals surface area contributed by atoms with Crippen LogP contribution >= 0.6 is 0 Å². The summed E-state index contributed by atoms with van der Waals surface area (Å²) in [4.78, 5) is 10.9. The van der Waals surface area contributed by atoms with Crippen molar-refractivity contribution in [2.45, 2.75) is 26.2 Å². The second-order valence-corrected chi connectivity index (χ2v) is 3.28. The number of carboxylic acids is 1. The minimum atomic E-state index is -0.905. The summed E-state index contributed by atoms with van der Waals surface area (Å²) in [5.74, 6) is -0.905. The fraction of sp³-hybridized carbons (Fsp3) is 0.364. The fourth-order valence-corrected chi connectivity index (χ4v) is 1.38. The third kappa shape index (κ3) is 2.49. The highest BCUT2D eigenvalue weighted by atomic mass is 16.4. The van der Waals surface area contributed by atoms with Crippen molar-refractivity contribution in [2.24, 2.45) is 0 Å². The molecule has 0 spiro atoms. The number of carboxylic acid groups (broad SMARTS) is 1. The van der Waals surface area contributed by atoms with E-state index in [1.165, 1.54) is 0 Å². The molecular weight excluding hydrogens is 178 g/mol. The predicted octanol–water partition coefficient (Wildman–Crippen LogP) is 2.31. The minimum Gasteiger partial charge on any atom is -0.478 e. The number of unbranched alkanes of at least 4 members (excludes halogenated alkanes) is 1. The van der Waals surface area contributed by atoms with E-state index in [9.17, 15) is 4.79 Å². The first-order valence-corrected chi connectivity index (χ1v) is 4.73. The van der Waals surface area contributed by atoms with Gasteiger partial charge >= 0.3 is 5.97 Å². The average Bonchev–Trinajstić information content (AvgIpc) is 2.25. The number of aryl methyl sites for hydroxylation is 1. The first-order chi connectivity index (χ1) is 7.19. The molecule has 0 saturated carbocycles. The van der Waals surface area contributed by atoms with Crippen LogP contribution in [-0.4, -0.2) is 11.1 Å². The standard InChI is InChI=1S/C11H15NO2/c1-2-3-4-8-7-9(12)5-6-10(8)11(13)14/h5-7H,2-4,12H2,1H3,(H,13,14)/i/hT. The van der Waals surface area contributed by atoms with Gasteiger partial charge in [0.15, 0.2) is 1.41 Å². The van der Waals surface area contributed by atoms with Crippen molar-refractivity contribution in [3.63, 3.8) is 0 Å². The van der Waals surface area contributed by atoms with Crippen LogP contribution in [0.4, 0.5) is 5.69 Å². The number of carbonyl (C=O) groups is 1. The van der Waals surface area contributed by atoms with Gasteiger partial charge in [0.1, 0.15) is 0 Å². The number of nitrogens with two attached hydrogens (primary N) is 1. The smallest absolute Gasteiger partial charge is 0.335 e. The minimum absolute atomic E-state index is 0.336. The Balaban J connectivity index is 2.99. The van der Waals surface area contributed by atoms with Crippen molar-refractivity contribution in [3.05, 3.63) is 29.3 Å². The normalized spacial score (nSPS) is 10.8. The van der Waals surface area contributed by atoms with E-state index in [-0.39, 0.29) is 0 Å². The summed E-state index contributed by atoms with van der Waals surface area (Å²) < 4.78 is 7.00. The highest BCUT2D eigenvalue weighted by Gasteiger charge is 2.09. The summed E-state index contributed by atoms with van der Waals surface area (Å²) in [6, 6.07) is 4.88. The maximum atomic E-state index is 10.9. The lowest BCUT2D eigenvalue weighted by molar-refractivity contribution is 0.0695. The lowest BCUT2D eigenvalue weighted by Gasteiger charge is -2.06. The number of hydrogen-bond acceptors (Lipinski definition) is 2. The van der Waals surface area contributed by atoms with E-state index in [2.05, 4.69) is 12.7 Å². The largest absolute Gasteiger partial charge is 0.478 e. The molecule has 0 atom stereocenters. The van der Waals surface area contributed by atoms with E-state index < -0.39 is 5.97 Å². The lowest BCUT2D eigenvalue weighted by Crippen LogP contribution is -2.03. The van der Waals surface area contributed by atoms with E-state index in [0.717, 1.165) is 24.8 Å². The van der Waals surface area contributed by atoms with E-state index in [1.807, 2.05) is 0 Å². The summed E-state index contributed by atoms with van der Waals surface area (Å²) >= 11 is 0. The molecule has 3 N–H and O–H groups in total. The van der Waals surface area contributed by atoms with Crippen molar-refractivity contribution in [1.82, 2.24) is 0 Å². The molecule has 0 aromatic heterocycles. The van der Waals surface area contributed by atoms with Crippen molar-refractivity contribution < 1.29 is 11.3 Å². The number of benzene rings is 1. The molecule has 3 nitrogen and oxygen atoms in total. The van der Waals surface area contributed by atoms with Crippen molar-refractivity contribution >= 4 is 11.7 Å². The molecule has 1 rings (SSSR count). The Morgan fingerprint density at radius 3 is 3.00 bits per heavy atom. The third-order valence-corrected chi connectivity index (χ3v) is 2.14. The third-order valence-electron chi connectivity index (χ3n) is 2.14. The fourth-order valence-electron chi connectivity index (χ4n) is 1.38. The molecule has 14 heavy (non-hydrogen) atoms. The van der Waals surface area contributed by atoms with Gasteiger partial charge in [0.05, 0.1) is 5.56 Å². The Labute approximate surface area is 85.0 Å². The maximum absolute atomic E-state index is 10.9. The van der Waals surface area contributed by atoms with Crippen LogP contribution in [0.5, 0.6) is 0 Å². The summed E-state index contributed by atoms with van der Waals surface area (Å²) in [6.45, 7) is 2.06. The van der Waals surface area contributed by atoms with Gasteiger partial charge in [0.25, 0.3) is 0 Å². The molecule has 0 heterocycles. The number of hydrogen-bond donors (Lipinski definition) is 2. The number of aromatic carboxylic acids is 1. The number of nitrogen functional groups attached to an aromatic ring is 1. The van der Waals surface area contributed by atoms with Crippen LogP contribution in [0.15, 0.2) is 18.2 Å². The second-order valence-electron chi connectivity index (χ2n) is 3.28. The van der Waals surface area contributed by atoms with Crippen molar-refractivity contribution in [1.29, 1.82) is 0 Å². The zero-order valence-electron chi connectivity index (χ0n) is 9.21. The van der Waals surface area contributed by atoms with Gasteiger partial charge < -0.3 is 10.8 Å². The van der Waals surface area contributed by atoms with Gasteiger partial charge in [-0.1, -0.05) is 13.3 Å². The van der Waals surface area contributed by atoms with Gasteiger partial charge in [-0.15, -0.1) is 0 Å². The Kier molecular flexibility index (Phi) is 3.01. The van der Waals surface area contributed by atoms with Crippen LogP contribution in [0.3, 0.4) is 0 Å². The maximum Gasteiger partial charge on any atom is 0.335 e. The van der Waals surface area contributed by atoms with Crippen LogP contribution in [0.25, 0.3) is 0 Å². The molecule has 76 valence electrons. The van der Waals surface area contributed by atoms with Gasteiger partial charge in [-0.2, -0.15) is 0 Å². The SMILES string of the molecule is [3H]Nc1ccc(C(=O)O)c(CCCC)c1. The molecule has 0 radical (unpaired) electrons. The zero-order valence-corrected chi connectivity index (χ0v) is 8.21. The first kappa shape index (κ1) is 9.06. The van der Waals surface area contributed by atoms with Crippen LogP contribution < -0.4 is 5.73 Å². The molecule has 0 amide bonds. The molecule has 0 bridgehead atoms. The summed E-state index contributed by atoms with van der Waals surface area (Å²) in [7, 11) is 0. The molecule has 1 aromatic carbocycles. The molecule has 0 aliphatic heterocycles. The zero-order chi connectivity index (χ0) is 11.3. The lowest BCUT2D eigenvalue weighted by atomic mass is 10.0. The molecule has 0 unspecified atom stereocenters. The molecule has 0 aliphatic carbocycles. The molecule has 0 aliphatic rings. The van der Waals surface area contributed by atoms with E-state index in [1.54, 1.807) is 18.2 Å². The molecule has 0 fully saturated rings. The van der Waals surface area contributed by atoms with Crippen LogP contribution in [-0.2, 0) is 6.42 Å². The van der Waals surface area contributed by atoms with E-state index in [4.69, 9.17) is 6.52 Å². The Morgan fingerprint density at radius 1 is 1.64 bits per heavy atom. The summed E-state index contributed by atoms with van der Waals surface area (Å²) in [6.07, 6.45) is 2.73. The van der Waals surface area contributed by atoms with Gasteiger partial charge in [-0.25, -0.2) is 4.79 Å². The topological polar surface area (TPSA) is 63.3 Å². The Bertz CT molecular complexity index is 352. The van der Waals surface area contributed by atoms with Gasteiger partial charge in [-0.3, -0.25) is 0 Å². The average molecular weight is 195 g/mol. The van der Waals surface area contributed by atoms with Crippen LogP contribution in [0.2, 0.25) is 1.41 Å². The summed E-state index contributed by atoms with van der Waals surface area (Å²) in [5, 5.41) is 8.96. The quantitative estimate of drug-likeness (QED) is 0.708.